The minimum atomic E-state index is -4.46. The van der Waals surface area contributed by atoms with Gasteiger partial charge in [0.2, 0.25) is 0 Å². The molecular formula is C12H13ClF3N3S. The predicted molar refractivity (Wildman–Crippen MR) is 74.9 cm³/mol. The molecule has 0 fully saturated rings. The summed E-state index contributed by atoms with van der Waals surface area (Å²) in [6.07, 6.45) is -3.72. The van der Waals surface area contributed by atoms with Crippen molar-refractivity contribution < 1.29 is 13.2 Å². The van der Waals surface area contributed by atoms with Crippen LogP contribution in [0.4, 0.5) is 19.0 Å². The Morgan fingerprint density at radius 1 is 1.45 bits per heavy atom. The summed E-state index contributed by atoms with van der Waals surface area (Å²) in [5.74, 6) is 0.536. The number of hydrogen-bond donors (Lipinski definition) is 1. The summed E-state index contributed by atoms with van der Waals surface area (Å²) >= 11 is 7.22. The molecule has 1 N–H and O–H groups in total. The molecule has 0 bridgehead atoms. The highest BCUT2D eigenvalue weighted by Gasteiger charge is 2.31. The number of hydrogen-bond acceptors (Lipinski definition) is 4. The van der Waals surface area contributed by atoms with E-state index in [1.54, 1.807) is 0 Å². The number of pyridine rings is 1. The molecule has 0 spiro atoms. The SMILES string of the molecule is CC(C)(CNc1ncc(C(F)(F)F)cc1Cl)SCC#N. The second-order valence-corrected chi connectivity index (χ2v) is 6.70. The lowest BCUT2D eigenvalue weighted by Crippen LogP contribution is -2.27. The van der Waals surface area contributed by atoms with E-state index in [0.29, 0.717) is 12.3 Å². The number of nitrogens with zero attached hydrogens (tertiary/aromatic N) is 2. The van der Waals surface area contributed by atoms with Crippen molar-refractivity contribution in [2.45, 2.75) is 24.8 Å². The van der Waals surface area contributed by atoms with Crippen LogP contribution in [0.15, 0.2) is 12.3 Å². The fourth-order valence-corrected chi connectivity index (χ4v) is 2.16. The van der Waals surface area contributed by atoms with E-state index in [0.717, 1.165) is 12.3 Å². The van der Waals surface area contributed by atoms with E-state index in [2.05, 4.69) is 10.3 Å². The molecule has 0 aliphatic carbocycles. The number of anilines is 1. The molecule has 8 heteroatoms. The van der Waals surface area contributed by atoms with Crippen molar-refractivity contribution >= 4 is 29.2 Å². The summed E-state index contributed by atoms with van der Waals surface area (Å²) in [6, 6.07) is 2.87. The van der Waals surface area contributed by atoms with Crippen LogP contribution < -0.4 is 5.32 Å². The lowest BCUT2D eigenvalue weighted by molar-refractivity contribution is -0.137. The van der Waals surface area contributed by atoms with Crippen molar-refractivity contribution in [1.29, 1.82) is 5.26 Å². The number of nitriles is 1. The molecule has 0 saturated carbocycles. The van der Waals surface area contributed by atoms with Crippen LogP contribution in [0.2, 0.25) is 5.02 Å². The van der Waals surface area contributed by atoms with Gasteiger partial charge >= 0.3 is 6.18 Å². The Kier molecular flexibility index (Phi) is 5.54. The highest BCUT2D eigenvalue weighted by molar-refractivity contribution is 8.00. The predicted octanol–water partition coefficient (Wildman–Crippen LogP) is 4.20. The van der Waals surface area contributed by atoms with E-state index in [1.807, 2.05) is 19.9 Å². The van der Waals surface area contributed by atoms with E-state index in [1.165, 1.54) is 11.8 Å². The zero-order valence-electron chi connectivity index (χ0n) is 10.9. The number of nitrogens with one attached hydrogen (secondary N) is 1. The molecular weight excluding hydrogens is 311 g/mol. The van der Waals surface area contributed by atoms with Gasteiger partial charge in [-0.1, -0.05) is 11.6 Å². The van der Waals surface area contributed by atoms with Gasteiger partial charge in [0.25, 0.3) is 0 Å². The van der Waals surface area contributed by atoms with Gasteiger partial charge in [0.1, 0.15) is 5.82 Å². The van der Waals surface area contributed by atoms with Gasteiger partial charge in [-0.15, -0.1) is 11.8 Å². The Labute approximate surface area is 124 Å². The van der Waals surface area contributed by atoms with Crippen LogP contribution in [0.3, 0.4) is 0 Å². The highest BCUT2D eigenvalue weighted by atomic mass is 35.5. The second kappa shape index (κ2) is 6.55. The van der Waals surface area contributed by atoms with Gasteiger partial charge in [-0.05, 0) is 19.9 Å². The molecule has 1 aromatic heterocycles. The molecule has 0 atom stereocenters. The third kappa shape index (κ3) is 5.10. The van der Waals surface area contributed by atoms with Crippen molar-refractivity contribution in [3.8, 4) is 6.07 Å². The summed E-state index contributed by atoms with van der Waals surface area (Å²) in [5.41, 5.74) is -0.883. The fourth-order valence-electron chi connectivity index (χ4n) is 1.30. The number of aromatic nitrogens is 1. The van der Waals surface area contributed by atoms with Gasteiger partial charge in [0, 0.05) is 17.5 Å². The molecule has 110 valence electrons. The Hall–Kier alpha value is -1.13. The topological polar surface area (TPSA) is 48.7 Å². The molecule has 0 amide bonds. The maximum absolute atomic E-state index is 12.5. The Morgan fingerprint density at radius 3 is 2.60 bits per heavy atom. The molecule has 0 aliphatic rings. The van der Waals surface area contributed by atoms with Crippen LogP contribution in [0.5, 0.6) is 0 Å². The first-order valence-corrected chi connectivity index (χ1v) is 6.99. The molecule has 0 aromatic carbocycles. The first-order chi connectivity index (χ1) is 9.15. The molecule has 0 radical (unpaired) electrons. The minimum Gasteiger partial charge on any atom is -0.367 e. The molecule has 0 saturated heterocycles. The van der Waals surface area contributed by atoms with Crippen LogP contribution in [-0.4, -0.2) is 22.0 Å². The summed E-state index contributed by atoms with van der Waals surface area (Å²) < 4.78 is 37.1. The maximum atomic E-state index is 12.5. The van der Waals surface area contributed by atoms with Crippen LogP contribution in [0, 0.1) is 11.3 Å². The van der Waals surface area contributed by atoms with E-state index in [4.69, 9.17) is 16.9 Å². The van der Waals surface area contributed by atoms with Crippen LogP contribution in [0.1, 0.15) is 19.4 Å². The van der Waals surface area contributed by atoms with E-state index in [9.17, 15) is 13.2 Å². The first-order valence-electron chi connectivity index (χ1n) is 5.63. The number of rotatable bonds is 5. The summed E-state index contributed by atoms with van der Waals surface area (Å²) in [5, 5.41) is 11.4. The Bertz CT molecular complexity index is 512. The average molecular weight is 324 g/mol. The lowest BCUT2D eigenvalue weighted by Gasteiger charge is -2.23. The number of alkyl halides is 3. The van der Waals surface area contributed by atoms with E-state index in [-0.39, 0.29) is 15.6 Å². The van der Waals surface area contributed by atoms with Crippen molar-refractivity contribution in [1.82, 2.24) is 4.98 Å². The quantitative estimate of drug-likeness (QED) is 0.882. The summed E-state index contributed by atoms with van der Waals surface area (Å²) in [4.78, 5) is 3.69. The largest absolute Gasteiger partial charge is 0.417 e. The molecule has 1 aromatic rings. The summed E-state index contributed by atoms with van der Waals surface area (Å²) in [7, 11) is 0. The highest BCUT2D eigenvalue weighted by Crippen LogP contribution is 2.33. The number of halogens is 4. The van der Waals surface area contributed by atoms with Crippen molar-refractivity contribution in [3.05, 3.63) is 22.8 Å². The monoisotopic (exact) mass is 323 g/mol. The van der Waals surface area contributed by atoms with Crippen molar-refractivity contribution in [2.75, 3.05) is 17.6 Å². The average Bonchev–Trinajstić information content (AvgIpc) is 2.34. The minimum absolute atomic E-state index is 0.0825. The van der Waals surface area contributed by atoms with Crippen molar-refractivity contribution in [2.24, 2.45) is 0 Å². The normalized spacial score (nSPS) is 12.1. The van der Waals surface area contributed by atoms with Gasteiger partial charge in [-0.2, -0.15) is 18.4 Å². The first kappa shape index (κ1) is 16.9. The van der Waals surface area contributed by atoms with Gasteiger partial charge in [0.15, 0.2) is 0 Å². The third-order valence-corrected chi connectivity index (χ3v) is 3.86. The van der Waals surface area contributed by atoms with Gasteiger partial charge in [-0.25, -0.2) is 4.98 Å². The van der Waals surface area contributed by atoms with Crippen LogP contribution >= 0.6 is 23.4 Å². The van der Waals surface area contributed by atoms with E-state index >= 15 is 0 Å². The fraction of sp³-hybridized carbons (Fsp3) is 0.500. The van der Waals surface area contributed by atoms with Gasteiger partial charge in [0.05, 0.1) is 22.4 Å². The van der Waals surface area contributed by atoms with Gasteiger partial charge in [-0.3, -0.25) is 0 Å². The Morgan fingerprint density at radius 2 is 2.10 bits per heavy atom. The molecule has 0 aliphatic heterocycles. The smallest absolute Gasteiger partial charge is 0.367 e. The lowest BCUT2D eigenvalue weighted by atomic mass is 10.2. The zero-order valence-corrected chi connectivity index (χ0v) is 12.5. The maximum Gasteiger partial charge on any atom is 0.417 e. The molecule has 3 nitrogen and oxygen atoms in total. The van der Waals surface area contributed by atoms with E-state index < -0.39 is 11.7 Å². The Balaban J connectivity index is 2.73. The zero-order chi connectivity index (χ0) is 15.4. The molecule has 1 rings (SSSR count). The summed E-state index contributed by atoms with van der Waals surface area (Å²) in [6.45, 7) is 4.26. The van der Waals surface area contributed by atoms with Crippen LogP contribution in [-0.2, 0) is 6.18 Å². The molecule has 20 heavy (non-hydrogen) atoms. The molecule has 1 heterocycles. The van der Waals surface area contributed by atoms with Crippen molar-refractivity contribution in [3.63, 3.8) is 0 Å². The van der Waals surface area contributed by atoms with Crippen LogP contribution in [0.25, 0.3) is 0 Å². The standard InChI is InChI=1S/C12H13ClF3N3S/c1-11(2,20-4-3-17)7-19-10-9(13)5-8(6-18-10)12(14,15)16/h5-6H,4,7H2,1-2H3,(H,18,19). The third-order valence-electron chi connectivity index (χ3n) is 2.38. The number of thioether (sulfide) groups is 1. The second-order valence-electron chi connectivity index (χ2n) is 4.61. The van der Waals surface area contributed by atoms with Gasteiger partial charge < -0.3 is 5.32 Å². The molecule has 0 unspecified atom stereocenters.